The summed E-state index contributed by atoms with van der Waals surface area (Å²) in [5, 5.41) is 2.83. The van der Waals surface area contributed by atoms with Crippen LogP contribution >= 0.6 is 0 Å². The van der Waals surface area contributed by atoms with Crippen molar-refractivity contribution >= 4 is 17.4 Å². The van der Waals surface area contributed by atoms with E-state index in [1.54, 1.807) is 50.7 Å². The van der Waals surface area contributed by atoms with E-state index in [9.17, 15) is 4.79 Å². The Morgan fingerprint density at radius 1 is 1.09 bits per heavy atom. The second-order valence-electron chi connectivity index (χ2n) is 4.82. The van der Waals surface area contributed by atoms with Crippen LogP contribution in [-0.4, -0.2) is 39.2 Å². The summed E-state index contributed by atoms with van der Waals surface area (Å²) in [4.78, 5) is 18.3. The number of carbonyl (C=O) groups excluding carboxylic acids is 1. The number of amides is 1. The Balaban J connectivity index is 2.20. The Morgan fingerprint density at radius 2 is 1.82 bits per heavy atom. The fraction of sp³-hybridized carbons (Fsp3) is 0.250. The van der Waals surface area contributed by atoms with Crippen molar-refractivity contribution in [3.63, 3.8) is 0 Å². The fourth-order valence-electron chi connectivity index (χ4n) is 1.92. The van der Waals surface area contributed by atoms with Gasteiger partial charge in [0.1, 0.15) is 5.82 Å². The van der Waals surface area contributed by atoms with Crippen molar-refractivity contribution in [3.05, 3.63) is 42.1 Å². The smallest absolute Gasteiger partial charge is 0.255 e. The molecule has 2 rings (SSSR count). The van der Waals surface area contributed by atoms with Crippen LogP contribution in [0.2, 0.25) is 0 Å². The molecule has 0 atom stereocenters. The van der Waals surface area contributed by atoms with Gasteiger partial charge in [-0.2, -0.15) is 0 Å². The average Bonchev–Trinajstić information content (AvgIpc) is 2.54. The average molecular weight is 301 g/mol. The van der Waals surface area contributed by atoms with Gasteiger partial charge in [-0.15, -0.1) is 0 Å². The quantitative estimate of drug-likeness (QED) is 0.919. The molecule has 6 nitrogen and oxygen atoms in total. The standard InChI is InChI=1S/C16H19N3O3/c1-19(2)15-9-11(7-8-17-15)16(20)18-12-5-6-13(21-3)14(10-12)22-4/h5-10H,1-4H3,(H,18,20). The van der Waals surface area contributed by atoms with Crippen LogP contribution in [0.5, 0.6) is 11.5 Å². The van der Waals surface area contributed by atoms with Crippen molar-refractivity contribution in [2.24, 2.45) is 0 Å². The summed E-state index contributed by atoms with van der Waals surface area (Å²) in [6.45, 7) is 0. The summed E-state index contributed by atoms with van der Waals surface area (Å²) in [7, 11) is 6.86. The molecule has 0 unspecified atom stereocenters. The van der Waals surface area contributed by atoms with E-state index in [1.807, 2.05) is 19.0 Å². The fourth-order valence-corrected chi connectivity index (χ4v) is 1.92. The number of methoxy groups -OCH3 is 2. The molecule has 1 N–H and O–H groups in total. The molecule has 0 fully saturated rings. The van der Waals surface area contributed by atoms with E-state index in [2.05, 4.69) is 10.3 Å². The zero-order chi connectivity index (χ0) is 16.1. The molecule has 1 aromatic carbocycles. The highest BCUT2D eigenvalue weighted by Crippen LogP contribution is 2.29. The molecule has 0 saturated carbocycles. The minimum atomic E-state index is -0.210. The van der Waals surface area contributed by atoms with E-state index in [0.29, 0.717) is 22.7 Å². The van der Waals surface area contributed by atoms with E-state index in [0.717, 1.165) is 5.82 Å². The Morgan fingerprint density at radius 3 is 2.45 bits per heavy atom. The lowest BCUT2D eigenvalue weighted by atomic mass is 10.2. The molecule has 1 aromatic heterocycles. The summed E-state index contributed by atoms with van der Waals surface area (Å²) < 4.78 is 10.4. The largest absolute Gasteiger partial charge is 0.493 e. The Kier molecular flexibility index (Phi) is 4.83. The number of nitrogens with zero attached hydrogens (tertiary/aromatic N) is 2. The first-order chi connectivity index (χ1) is 10.5. The van der Waals surface area contributed by atoms with Crippen molar-refractivity contribution in [3.8, 4) is 11.5 Å². The Bertz CT molecular complexity index is 671. The molecule has 0 aliphatic heterocycles. The molecule has 6 heteroatoms. The van der Waals surface area contributed by atoms with Gasteiger partial charge in [0.05, 0.1) is 14.2 Å². The molecule has 1 amide bonds. The third-order valence-corrected chi connectivity index (χ3v) is 3.11. The molecule has 0 aliphatic rings. The molecule has 1 heterocycles. The molecular formula is C16H19N3O3. The van der Waals surface area contributed by atoms with Crippen molar-refractivity contribution in [2.45, 2.75) is 0 Å². The van der Waals surface area contributed by atoms with Crippen molar-refractivity contribution < 1.29 is 14.3 Å². The van der Waals surface area contributed by atoms with Gasteiger partial charge in [-0.3, -0.25) is 4.79 Å². The maximum atomic E-state index is 12.3. The zero-order valence-corrected chi connectivity index (χ0v) is 13.1. The SMILES string of the molecule is COc1ccc(NC(=O)c2ccnc(N(C)C)c2)cc1OC. The van der Waals surface area contributed by atoms with Crippen molar-refractivity contribution in [1.82, 2.24) is 4.98 Å². The Hall–Kier alpha value is -2.76. The molecule has 0 radical (unpaired) electrons. The summed E-state index contributed by atoms with van der Waals surface area (Å²) in [5.74, 6) is 1.68. The topological polar surface area (TPSA) is 63.7 Å². The second kappa shape index (κ2) is 6.80. The van der Waals surface area contributed by atoms with Crippen molar-refractivity contribution in [2.75, 3.05) is 38.5 Å². The van der Waals surface area contributed by atoms with Crippen LogP contribution in [0.3, 0.4) is 0 Å². The van der Waals surface area contributed by atoms with Gasteiger partial charge in [0, 0.05) is 37.6 Å². The zero-order valence-electron chi connectivity index (χ0n) is 13.1. The number of carbonyl (C=O) groups is 1. The maximum Gasteiger partial charge on any atom is 0.255 e. The maximum absolute atomic E-state index is 12.3. The van der Waals surface area contributed by atoms with Gasteiger partial charge < -0.3 is 19.7 Å². The predicted octanol–water partition coefficient (Wildman–Crippen LogP) is 2.42. The number of anilines is 2. The number of hydrogen-bond donors (Lipinski definition) is 1. The Labute approximate surface area is 129 Å². The monoisotopic (exact) mass is 301 g/mol. The van der Waals surface area contributed by atoms with Gasteiger partial charge >= 0.3 is 0 Å². The minimum absolute atomic E-state index is 0.210. The van der Waals surface area contributed by atoms with Crippen LogP contribution in [0, 0.1) is 0 Å². The van der Waals surface area contributed by atoms with Gasteiger partial charge in [0.15, 0.2) is 11.5 Å². The summed E-state index contributed by atoms with van der Waals surface area (Å²) in [5.41, 5.74) is 1.17. The van der Waals surface area contributed by atoms with E-state index in [4.69, 9.17) is 9.47 Å². The van der Waals surface area contributed by atoms with E-state index in [1.165, 1.54) is 0 Å². The summed E-state index contributed by atoms with van der Waals surface area (Å²) in [6, 6.07) is 8.61. The number of rotatable bonds is 5. The highest BCUT2D eigenvalue weighted by Gasteiger charge is 2.10. The number of ether oxygens (including phenoxy) is 2. The molecule has 0 aliphatic carbocycles. The number of pyridine rings is 1. The molecule has 0 saturated heterocycles. The van der Waals surface area contributed by atoms with Crippen LogP contribution < -0.4 is 19.7 Å². The van der Waals surface area contributed by atoms with Crippen molar-refractivity contribution in [1.29, 1.82) is 0 Å². The van der Waals surface area contributed by atoms with Gasteiger partial charge in [0.2, 0.25) is 0 Å². The lowest BCUT2D eigenvalue weighted by molar-refractivity contribution is 0.102. The number of aromatic nitrogens is 1. The molecule has 22 heavy (non-hydrogen) atoms. The molecule has 0 bridgehead atoms. The highest BCUT2D eigenvalue weighted by atomic mass is 16.5. The third kappa shape index (κ3) is 3.46. The second-order valence-corrected chi connectivity index (χ2v) is 4.82. The lowest BCUT2D eigenvalue weighted by Crippen LogP contribution is -2.15. The first-order valence-corrected chi connectivity index (χ1v) is 6.72. The minimum Gasteiger partial charge on any atom is -0.493 e. The lowest BCUT2D eigenvalue weighted by Gasteiger charge is -2.13. The van der Waals surface area contributed by atoms with E-state index in [-0.39, 0.29) is 5.91 Å². The number of nitrogens with one attached hydrogen (secondary N) is 1. The highest BCUT2D eigenvalue weighted by molar-refractivity contribution is 6.04. The molecule has 116 valence electrons. The summed E-state index contributed by atoms with van der Waals surface area (Å²) in [6.07, 6.45) is 1.61. The first-order valence-electron chi connectivity index (χ1n) is 6.72. The number of benzene rings is 1. The molecular weight excluding hydrogens is 282 g/mol. The third-order valence-electron chi connectivity index (χ3n) is 3.11. The van der Waals surface area contributed by atoms with E-state index >= 15 is 0 Å². The predicted molar refractivity (Wildman–Crippen MR) is 86.1 cm³/mol. The van der Waals surface area contributed by atoms with Gasteiger partial charge in [-0.1, -0.05) is 0 Å². The first kappa shape index (κ1) is 15.6. The van der Waals surface area contributed by atoms with Crippen LogP contribution in [-0.2, 0) is 0 Å². The van der Waals surface area contributed by atoms with Crippen LogP contribution in [0.1, 0.15) is 10.4 Å². The van der Waals surface area contributed by atoms with Gasteiger partial charge in [-0.05, 0) is 24.3 Å². The van der Waals surface area contributed by atoms with Gasteiger partial charge in [-0.25, -0.2) is 4.98 Å². The normalized spacial score (nSPS) is 10.0. The molecule has 0 spiro atoms. The van der Waals surface area contributed by atoms with Crippen LogP contribution in [0.25, 0.3) is 0 Å². The molecule has 2 aromatic rings. The summed E-state index contributed by atoms with van der Waals surface area (Å²) >= 11 is 0. The van der Waals surface area contributed by atoms with Crippen LogP contribution in [0.4, 0.5) is 11.5 Å². The van der Waals surface area contributed by atoms with Gasteiger partial charge in [0.25, 0.3) is 5.91 Å². The van der Waals surface area contributed by atoms with E-state index < -0.39 is 0 Å². The number of hydrogen-bond acceptors (Lipinski definition) is 5. The van der Waals surface area contributed by atoms with Crippen LogP contribution in [0.15, 0.2) is 36.5 Å².